The molecule has 3 rings (SSSR count). The largest absolute Gasteiger partial charge is 0.331 e. The summed E-state index contributed by atoms with van der Waals surface area (Å²) in [5.74, 6) is 0.563. The molecule has 1 unspecified atom stereocenters. The molecule has 2 aromatic carbocycles. The maximum Gasteiger partial charge on any atom is 0.128 e. The maximum atomic E-state index is 13.9. The molecule has 1 aromatic heterocycles. The second kappa shape index (κ2) is 5.58. The highest BCUT2D eigenvalue weighted by Gasteiger charge is 2.16. The van der Waals surface area contributed by atoms with Crippen LogP contribution in [0.2, 0.25) is 0 Å². The molecule has 1 atom stereocenters. The van der Waals surface area contributed by atoms with Crippen LogP contribution >= 0.6 is 15.9 Å². The van der Waals surface area contributed by atoms with Crippen molar-refractivity contribution in [2.75, 3.05) is 0 Å². The summed E-state index contributed by atoms with van der Waals surface area (Å²) >= 11 is 3.35. The van der Waals surface area contributed by atoms with Gasteiger partial charge in [-0.25, -0.2) is 9.37 Å². The van der Waals surface area contributed by atoms with Crippen LogP contribution in [0.3, 0.4) is 0 Å². The Morgan fingerprint density at radius 3 is 2.81 bits per heavy atom. The number of benzene rings is 2. The monoisotopic (exact) mass is 347 g/mol. The number of nitrogens with zero attached hydrogens (tertiary/aromatic N) is 2. The second-order valence-corrected chi connectivity index (χ2v) is 5.97. The van der Waals surface area contributed by atoms with Crippen LogP contribution in [-0.4, -0.2) is 9.55 Å². The third-order valence-corrected chi connectivity index (χ3v) is 4.13. The van der Waals surface area contributed by atoms with Crippen molar-refractivity contribution >= 4 is 27.0 Å². The molecule has 0 aliphatic rings. The summed E-state index contributed by atoms with van der Waals surface area (Å²) in [6, 6.07) is 12.3. The Labute approximate surface area is 130 Å². The van der Waals surface area contributed by atoms with E-state index in [2.05, 4.69) is 20.9 Å². The normalized spacial score (nSPS) is 12.8. The third-order valence-electron chi connectivity index (χ3n) is 3.64. The molecular weight excluding hydrogens is 333 g/mol. The van der Waals surface area contributed by atoms with Crippen molar-refractivity contribution in [1.82, 2.24) is 9.55 Å². The van der Waals surface area contributed by atoms with Crippen molar-refractivity contribution in [2.24, 2.45) is 12.8 Å². The molecule has 0 spiro atoms. The highest BCUT2D eigenvalue weighted by Crippen LogP contribution is 2.24. The van der Waals surface area contributed by atoms with Gasteiger partial charge in [-0.1, -0.05) is 28.1 Å². The van der Waals surface area contributed by atoms with Crippen LogP contribution in [0.1, 0.15) is 17.4 Å². The lowest BCUT2D eigenvalue weighted by Gasteiger charge is -2.13. The van der Waals surface area contributed by atoms with Crippen LogP contribution in [0.4, 0.5) is 4.39 Å². The number of fused-ring (bicyclic) bond motifs is 1. The zero-order valence-electron chi connectivity index (χ0n) is 11.6. The van der Waals surface area contributed by atoms with E-state index in [9.17, 15) is 4.39 Å². The van der Waals surface area contributed by atoms with Gasteiger partial charge in [0.05, 0.1) is 11.0 Å². The molecule has 0 amide bonds. The predicted octanol–water partition coefficient (Wildman–Crippen LogP) is 3.72. The fraction of sp³-hybridized carbons (Fsp3) is 0.188. The number of nitrogens with two attached hydrogens (primary N) is 1. The Hall–Kier alpha value is -1.72. The molecule has 0 saturated heterocycles. The highest BCUT2D eigenvalue weighted by molar-refractivity contribution is 9.10. The van der Waals surface area contributed by atoms with Gasteiger partial charge in [-0.15, -0.1) is 0 Å². The Morgan fingerprint density at radius 1 is 1.29 bits per heavy atom. The van der Waals surface area contributed by atoms with E-state index in [1.165, 1.54) is 6.07 Å². The zero-order valence-corrected chi connectivity index (χ0v) is 13.1. The van der Waals surface area contributed by atoms with Gasteiger partial charge < -0.3 is 10.3 Å². The van der Waals surface area contributed by atoms with E-state index >= 15 is 0 Å². The van der Waals surface area contributed by atoms with E-state index in [0.717, 1.165) is 21.3 Å². The molecule has 0 radical (unpaired) electrons. The smallest absolute Gasteiger partial charge is 0.128 e. The van der Waals surface area contributed by atoms with Gasteiger partial charge in [0.2, 0.25) is 0 Å². The molecule has 0 bridgehead atoms. The lowest BCUT2D eigenvalue weighted by Crippen LogP contribution is -2.17. The first kappa shape index (κ1) is 14.2. The minimum Gasteiger partial charge on any atom is -0.331 e. The van der Waals surface area contributed by atoms with Gasteiger partial charge in [0.1, 0.15) is 11.6 Å². The Kier molecular flexibility index (Phi) is 3.78. The molecule has 108 valence electrons. The molecule has 0 aliphatic heterocycles. The van der Waals surface area contributed by atoms with Crippen LogP contribution in [-0.2, 0) is 13.5 Å². The fourth-order valence-corrected chi connectivity index (χ4v) is 2.86. The SMILES string of the molecule is Cn1c(CC(N)c2cc(Br)ccc2F)nc2ccccc21. The Balaban J connectivity index is 1.94. The predicted molar refractivity (Wildman–Crippen MR) is 85.4 cm³/mol. The summed E-state index contributed by atoms with van der Waals surface area (Å²) in [5, 5.41) is 0. The number of imidazole rings is 1. The molecule has 3 nitrogen and oxygen atoms in total. The summed E-state index contributed by atoms with van der Waals surface area (Å²) in [6.07, 6.45) is 0.485. The molecule has 1 heterocycles. The summed E-state index contributed by atoms with van der Waals surface area (Å²) in [7, 11) is 1.95. The number of halogens is 2. The molecule has 5 heteroatoms. The molecule has 21 heavy (non-hydrogen) atoms. The average Bonchev–Trinajstić information content (AvgIpc) is 2.78. The summed E-state index contributed by atoms with van der Waals surface area (Å²) in [6.45, 7) is 0. The van der Waals surface area contributed by atoms with Gasteiger partial charge in [0.15, 0.2) is 0 Å². The van der Waals surface area contributed by atoms with Crippen LogP contribution in [0.25, 0.3) is 11.0 Å². The van der Waals surface area contributed by atoms with Crippen LogP contribution in [0.5, 0.6) is 0 Å². The van der Waals surface area contributed by atoms with E-state index in [1.807, 2.05) is 35.9 Å². The molecule has 3 aromatic rings. The van der Waals surface area contributed by atoms with Gasteiger partial charge >= 0.3 is 0 Å². The van der Waals surface area contributed by atoms with Crippen molar-refractivity contribution < 1.29 is 4.39 Å². The lowest BCUT2D eigenvalue weighted by atomic mass is 10.0. The van der Waals surface area contributed by atoms with Crippen LogP contribution < -0.4 is 5.73 Å². The number of aromatic nitrogens is 2. The van der Waals surface area contributed by atoms with E-state index in [0.29, 0.717) is 12.0 Å². The summed E-state index contributed by atoms with van der Waals surface area (Å²) < 4.78 is 16.7. The van der Waals surface area contributed by atoms with E-state index in [4.69, 9.17) is 5.73 Å². The molecular formula is C16H15BrFN3. The summed E-state index contributed by atoms with van der Waals surface area (Å²) in [5.41, 5.74) is 8.65. The van der Waals surface area contributed by atoms with E-state index in [1.54, 1.807) is 12.1 Å². The van der Waals surface area contributed by atoms with Crippen LogP contribution in [0, 0.1) is 5.82 Å². The Morgan fingerprint density at radius 2 is 2.05 bits per heavy atom. The first-order valence-electron chi connectivity index (χ1n) is 6.67. The number of para-hydroxylation sites is 2. The number of hydrogen-bond acceptors (Lipinski definition) is 2. The van der Waals surface area contributed by atoms with Crippen molar-refractivity contribution in [3.8, 4) is 0 Å². The summed E-state index contributed by atoms with van der Waals surface area (Å²) in [4.78, 5) is 4.58. The van der Waals surface area contributed by atoms with E-state index in [-0.39, 0.29) is 5.82 Å². The third kappa shape index (κ3) is 2.71. The topological polar surface area (TPSA) is 43.8 Å². The highest BCUT2D eigenvalue weighted by atomic mass is 79.9. The first-order chi connectivity index (χ1) is 10.1. The van der Waals surface area contributed by atoms with Gasteiger partial charge in [0, 0.05) is 29.5 Å². The molecule has 0 saturated carbocycles. The van der Waals surface area contributed by atoms with Crippen molar-refractivity contribution in [3.05, 3.63) is 64.1 Å². The van der Waals surface area contributed by atoms with Crippen molar-refractivity contribution in [3.63, 3.8) is 0 Å². The lowest BCUT2D eigenvalue weighted by molar-refractivity contribution is 0.571. The van der Waals surface area contributed by atoms with Gasteiger partial charge in [-0.2, -0.15) is 0 Å². The molecule has 0 aliphatic carbocycles. The van der Waals surface area contributed by atoms with Crippen molar-refractivity contribution in [2.45, 2.75) is 12.5 Å². The first-order valence-corrected chi connectivity index (χ1v) is 7.46. The van der Waals surface area contributed by atoms with Crippen LogP contribution in [0.15, 0.2) is 46.9 Å². The number of rotatable bonds is 3. The van der Waals surface area contributed by atoms with Gasteiger partial charge in [-0.3, -0.25) is 0 Å². The Bertz CT molecular complexity index is 797. The van der Waals surface area contributed by atoms with Crippen molar-refractivity contribution in [1.29, 1.82) is 0 Å². The fourth-order valence-electron chi connectivity index (χ4n) is 2.48. The molecule has 0 fully saturated rings. The number of hydrogen-bond donors (Lipinski definition) is 1. The second-order valence-electron chi connectivity index (χ2n) is 5.05. The average molecular weight is 348 g/mol. The van der Waals surface area contributed by atoms with E-state index < -0.39 is 6.04 Å². The number of aryl methyl sites for hydroxylation is 1. The van der Waals surface area contributed by atoms with Gasteiger partial charge in [-0.05, 0) is 30.3 Å². The minimum absolute atomic E-state index is 0.288. The zero-order chi connectivity index (χ0) is 15.0. The minimum atomic E-state index is -0.432. The standard InChI is InChI=1S/C16H15BrFN3/c1-21-15-5-3-2-4-14(15)20-16(21)9-13(19)11-8-10(17)6-7-12(11)18/h2-8,13H,9,19H2,1H3. The van der Waals surface area contributed by atoms with Gasteiger partial charge in [0.25, 0.3) is 0 Å². The maximum absolute atomic E-state index is 13.9. The molecule has 2 N–H and O–H groups in total. The quantitative estimate of drug-likeness (QED) is 0.784.